The Kier molecular flexibility index (Phi) is 5.13. The second-order valence-corrected chi connectivity index (χ2v) is 9.40. The summed E-state index contributed by atoms with van der Waals surface area (Å²) in [5.74, 6) is 6.62. The number of pyridine rings is 3. The van der Waals surface area contributed by atoms with Crippen molar-refractivity contribution >= 4 is 32.0 Å². The predicted octanol–water partition coefficient (Wildman–Crippen LogP) is 2.86. The van der Waals surface area contributed by atoms with Gasteiger partial charge < -0.3 is 9.72 Å². The highest BCUT2D eigenvalue weighted by Crippen LogP contribution is 2.33. The van der Waals surface area contributed by atoms with Gasteiger partial charge in [0, 0.05) is 28.7 Å². The Hall–Kier alpha value is -3.48. The first-order valence-electron chi connectivity index (χ1n) is 9.44. The SMILES string of the molecule is COc1cnc2[nH]c3cnc(-c4cccnc4)cc3c2c1C#CC(C)(C)NS(C)(=O)=O. The molecule has 0 amide bonds. The molecule has 158 valence electrons. The third kappa shape index (κ3) is 4.35. The van der Waals surface area contributed by atoms with Crippen LogP contribution in [-0.2, 0) is 10.0 Å². The Morgan fingerprint density at radius 1 is 1.19 bits per heavy atom. The summed E-state index contributed by atoms with van der Waals surface area (Å²) in [5, 5.41) is 1.66. The van der Waals surface area contributed by atoms with Crippen molar-refractivity contribution in [3.8, 4) is 28.8 Å². The Morgan fingerprint density at radius 2 is 2.00 bits per heavy atom. The zero-order chi connectivity index (χ0) is 22.2. The highest BCUT2D eigenvalue weighted by atomic mass is 32.2. The van der Waals surface area contributed by atoms with Gasteiger partial charge in [0.2, 0.25) is 10.0 Å². The van der Waals surface area contributed by atoms with Gasteiger partial charge in [-0.2, -0.15) is 4.72 Å². The van der Waals surface area contributed by atoms with Crippen LogP contribution >= 0.6 is 0 Å². The minimum absolute atomic E-state index is 0.496. The molecule has 0 radical (unpaired) electrons. The number of rotatable bonds is 4. The third-order valence-electron chi connectivity index (χ3n) is 4.59. The molecule has 0 atom stereocenters. The van der Waals surface area contributed by atoms with Crippen LogP contribution < -0.4 is 9.46 Å². The van der Waals surface area contributed by atoms with Gasteiger partial charge in [-0.3, -0.25) is 9.97 Å². The lowest BCUT2D eigenvalue weighted by Gasteiger charge is -2.17. The van der Waals surface area contributed by atoms with Crippen LogP contribution in [-0.4, -0.2) is 47.3 Å². The maximum Gasteiger partial charge on any atom is 0.209 e. The fourth-order valence-corrected chi connectivity index (χ4v) is 4.38. The molecule has 0 unspecified atom stereocenters. The summed E-state index contributed by atoms with van der Waals surface area (Å²) in [6, 6.07) is 5.75. The number of aromatic amines is 1. The maximum atomic E-state index is 11.7. The molecule has 0 spiro atoms. The summed E-state index contributed by atoms with van der Waals surface area (Å²) in [5.41, 5.74) is 2.75. The van der Waals surface area contributed by atoms with E-state index >= 15 is 0 Å². The Labute approximate surface area is 180 Å². The van der Waals surface area contributed by atoms with Crippen LogP contribution in [0.3, 0.4) is 0 Å². The fourth-order valence-electron chi connectivity index (χ4n) is 3.40. The number of nitrogens with one attached hydrogen (secondary N) is 2. The number of aromatic nitrogens is 4. The molecule has 4 heterocycles. The lowest BCUT2D eigenvalue weighted by atomic mass is 10.0. The molecule has 0 bridgehead atoms. The van der Waals surface area contributed by atoms with Crippen molar-refractivity contribution in [2.24, 2.45) is 0 Å². The molecule has 4 rings (SSSR count). The number of fused-ring (bicyclic) bond motifs is 3. The standard InChI is InChI=1S/C22H21N5O3S/c1-22(2,27-31(4,28)29)8-7-15-19(30-3)13-25-21-20(15)16-10-17(24-12-18(16)26-21)14-6-5-9-23-11-14/h5-6,9-13,27H,1-4H3,(H,25,26). The number of methoxy groups -OCH3 is 1. The number of ether oxygens (including phenoxy) is 1. The van der Waals surface area contributed by atoms with Gasteiger partial charge in [-0.05, 0) is 32.0 Å². The molecule has 0 saturated carbocycles. The molecule has 2 N–H and O–H groups in total. The highest BCUT2D eigenvalue weighted by Gasteiger charge is 2.20. The van der Waals surface area contributed by atoms with Crippen molar-refractivity contribution in [2.45, 2.75) is 19.4 Å². The quantitative estimate of drug-likeness (QED) is 0.477. The molecule has 8 nitrogen and oxygen atoms in total. The smallest absolute Gasteiger partial charge is 0.209 e. The predicted molar refractivity (Wildman–Crippen MR) is 120 cm³/mol. The van der Waals surface area contributed by atoms with Gasteiger partial charge in [0.05, 0.1) is 48.1 Å². The van der Waals surface area contributed by atoms with Crippen LogP contribution in [0.5, 0.6) is 5.75 Å². The number of H-pyrrole nitrogens is 1. The van der Waals surface area contributed by atoms with E-state index in [1.54, 1.807) is 45.7 Å². The van der Waals surface area contributed by atoms with Crippen LogP contribution in [0.25, 0.3) is 33.2 Å². The van der Waals surface area contributed by atoms with Gasteiger partial charge in [0.15, 0.2) is 5.75 Å². The molecule has 0 fully saturated rings. The molecular weight excluding hydrogens is 414 g/mol. The van der Waals surface area contributed by atoms with E-state index in [9.17, 15) is 8.42 Å². The van der Waals surface area contributed by atoms with Gasteiger partial charge in [0.25, 0.3) is 0 Å². The Balaban J connectivity index is 1.95. The minimum atomic E-state index is -3.42. The van der Waals surface area contributed by atoms with Crippen LogP contribution in [0.1, 0.15) is 19.4 Å². The van der Waals surface area contributed by atoms with Crippen LogP contribution in [0, 0.1) is 11.8 Å². The molecule has 4 aromatic heterocycles. The van der Waals surface area contributed by atoms with E-state index in [0.717, 1.165) is 33.8 Å². The number of hydrogen-bond donors (Lipinski definition) is 2. The van der Waals surface area contributed by atoms with Gasteiger partial charge in [-0.25, -0.2) is 13.4 Å². The van der Waals surface area contributed by atoms with Crippen molar-refractivity contribution in [2.75, 3.05) is 13.4 Å². The summed E-state index contributed by atoms with van der Waals surface area (Å²) in [7, 11) is -1.87. The molecule has 0 aromatic carbocycles. The van der Waals surface area contributed by atoms with E-state index in [1.165, 1.54) is 0 Å². The van der Waals surface area contributed by atoms with Gasteiger partial charge in [-0.1, -0.05) is 11.8 Å². The zero-order valence-electron chi connectivity index (χ0n) is 17.5. The van der Waals surface area contributed by atoms with Crippen LogP contribution in [0.4, 0.5) is 0 Å². The van der Waals surface area contributed by atoms with Gasteiger partial charge >= 0.3 is 0 Å². The van der Waals surface area contributed by atoms with Gasteiger partial charge in [-0.15, -0.1) is 0 Å². The number of hydrogen-bond acceptors (Lipinski definition) is 6. The first-order valence-corrected chi connectivity index (χ1v) is 11.3. The van der Waals surface area contributed by atoms with Crippen LogP contribution in [0.2, 0.25) is 0 Å². The maximum absolute atomic E-state index is 11.7. The first-order chi connectivity index (χ1) is 14.7. The van der Waals surface area contributed by atoms with E-state index in [1.807, 2.05) is 18.2 Å². The monoisotopic (exact) mass is 435 g/mol. The third-order valence-corrected chi connectivity index (χ3v) is 5.47. The second kappa shape index (κ2) is 7.65. The number of nitrogens with zero attached hydrogens (tertiary/aromatic N) is 3. The van der Waals surface area contributed by atoms with E-state index in [2.05, 4.69) is 36.5 Å². The van der Waals surface area contributed by atoms with Crippen molar-refractivity contribution in [1.29, 1.82) is 0 Å². The first kappa shape index (κ1) is 20.8. The normalized spacial score (nSPS) is 12.0. The number of sulfonamides is 1. The molecule has 9 heteroatoms. The minimum Gasteiger partial charge on any atom is -0.494 e. The summed E-state index contributed by atoms with van der Waals surface area (Å²) in [6.07, 6.45) is 7.91. The Morgan fingerprint density at radius 3 is 2.68 bits per heavy atom. The van der Waals surface area contributed by atoms with E-state index in [4.69, 9.17) is 4.74 Å². The summed E-state index contributed by atoms with van der Waals surface area (Å²) in [6.45, 7) is 3.40. The molecule has 0 saturated heterocycles. The van der Waals surface area contributed by atoms with E-state index in [0.29, 0.717) is 17.0 Å². The molecule has 0 aliphatic rings. The molecule has 0 aliphatic heterocycles. The zero-order valence-corrected chi connectivity index (χ0v) is 18.3. The molecule has 0 aliphatic carbocycles. The molecule has 4 aromatic rings. The largest absolute Gasteiger partial charge is 0.494 e. The van der Waals surface area contributed by atoms with Crippen molar-refractivity contribution in [3.63, 3.8) is 0 Å². The van der Waals surface area contributed by atoms with Crippen molar-refractivity contribution < 1.29 is 13.2 Å². The van der Waals surface area contributed by atoms with Gasteiger partial charge in [0.1, 0.15) is 5.65 Å². The lowest BCUT2D eigenvalue weighted by Crippen LogP contribution is -2.41. The topological polar surface area (TPSA) is 110 Å². The Bertz CT molecular complexity index is 1450. The average Bonchev–Trinajstić information content (AvgIpc) is 3.09. The summed E-state index contributed by atoms with van der Waals surface area (Å²) in [4.78, 5) is 16.4. The van der Waals surface area contributed by atoms with E-state index in [-0.39, 0.29) is 0 Å². The highest BCUT2D eigenvalue weighted by molar-refractivity contribution is 7.88. The van der Waals surface area contributed by atoms with Crippen molar-refractivity contribution in [3.05, 3.63) is 48.5 Å². The summed E-state index contributed by atoms with van der Waals surface area (Å²) < 4.78 is 31.4. The average molecular weight is 436 g/mol. The van der Waals surface area contributed by atoms with E-state index < -0.39 is 15.6 Å². The molecular formula is C22H21N5O3S. The van der Waals surface area contributed by atoms with Crippen LogP contribution in [0.15, 0.2) is 43.0 Å². The molecule has 31 heavy (non-hydrogen) atoms. The summed E-state index contributed by atoms with van der Waals surface area (Å²) >= 11 is 0. The fraction of sp³-hybridized carbons (Fsp3) is 0.227. The second-order valence-electron chi connectivity index (χ2n) is 7.66. The van der Waals surface area contributed by atoms with Crippen molar-refractivity contribution in [1.82, 2.24) is 24.7 Å². The lowest BCUT2D eigenvalue weighted by molar-refractivity contribution is 0.412.